The van der Waals surface area contributed by atoms with Gasteiger partial charge in [-0.25, -0.2) is 0 Å². The number of hydrogen-bond donors (Lipinski definition) is 0. The van der Waals surface area contributed by atoms with Crippen LogP contribution in [0, 0.1) is 0 Å². The zero-order chi connectivity index (χ0) is 12.4. The fraction of sp³-hybridized carbons (Fsp3) is 0.250. The average Bonchev–Trinajstić information content (AvgIpc) is 2.93. The third kappa shape index (κ3) is 2.26. The molecule has 0 N–H and O–H groups in total. The van der Waals surface area contributed by atoms with Gasteiger partial charge in [-0.05, 0) is 11.8 Å². The first-order valence-corrected chi connectivity index (χ1v) is 7.80. The van der Waals surface area contributed by atoms with Gasteiger partial charge < -0.3 is 0 Å². The Kier molecular flexibility index (Phi) is 3.29. The van der Waals surface area contributed by atoms with E-state index in [0.29, 0.717) is 0 Å². The average molecular weight is 276 g/mol. The lowest BCUT2D eigenvalue weighted by atomic mass is 10.2. The summed E-state index contributed by atoms with van der Waals surface area (Å²) < 4.78 is 1.86. The Hall–Kier alpha value is -1.40. The van der Waals surface area contributed by atoms with Crippen molar-refractivity contribution in [2.45, 2.75) is 12.2 Å². The standard InChI is InChI=1S/C12H12N4S2/c1-17-8-10-13-14-12-16(10)15-11(18-12)7-9-5-3-2-4-6-9/h2-6H,7-8H2,1H3. The summed E-state index contributed by atoms with van der Waals surface area (Å²) in [5.74, 6) is 1.77. The molecule has 2 heterocycles. The van der Waals surface area contributed by atoms with E-state index in [0.717, 1.165) is 28.0 Å². The second-order valence-electron chi connectivity index (χ2n) is 3.90. The fourth-order valence-electron chi connectivity index (χ4n) is 1.76. The number of thioether (sulfide) groups is 1. The summed E-state index contributed by atoms with van der Waals surface area (Å²) in [6.07, 6.45) is 2.91. The summed E-state index contributed by atoms with van der Waals surface area (Å²) in [5, 5.41) is 13.9. The molecule has 0 bridgehead atoms. The van der Waals surface area contributed by atoms with E-state index in [2.05, 4.69) is 45.8 Å². The topological polar surface area (TPSA) is 43.1 Å². The molecule has 6 heteroatoms. The molecule has 0 amide bonds. The predicted octanol–water partition coefficient (Wildman–Crippen LogP) is 2.64. The van der Waals surface area contributed by atoms with Gasteiger partial charge in [-0.2, -0.15) is 21.4 Å². The van der Waals surface area contributed by atoms with Crippen molar-refractivity contribution in [1.29, 1.82) is 0 Å². The largest absolute Gasteiger partial charge is 0.234 e. The van der Waals surface area contributed by atoms with Crippen LogP contribution in [0.25, 0.3) is 4.96 Å². The zero-order valence-corrected chi connectivity index (χ0v) is 11.5. The molecule has 18 heavy (non-hydrogen) atoms. The van der Waals surface area contributed by atoms with Crippen molar-refractivity contribution in [1.82, 2.24) is 19.8 Å². The normalized spacial score (nSPS) is 11.2. The van der Waals surface area contributed by atoms with Gasteiger partial charge in [-0.15, -0.1) is 10.2 Å². The summed E-state index contributed by atoms with van der Waals surface area (Å²) in [5.41, 5.74) is 1.27. The molecule has 4 nitrogen and oxygen atoms in total. The minimum atomic E-state index is 0.843. The maximum Gasteiger partial charge on any atom is 0.234 e. The van der Waals surface area contributed by atoms with Crippen molar-refractivity contribution in [2.75, 3.05) is 6.26 Å². The Bertz CT molecular complexity index is 644. The van der Waals surface area contributed by atoms with Crippen LogP contribution in [-0.2, 0) is 12.2 Å². The molecule has 0 fully saturated rings. The number of rotatable bonds is 4. The van der Waals surface area contributed by atoms with Crippen LogP contribution in [0.3, 0.4) is 0 Å². The molecule has 0 unspecified atom stereocenters. The Balaban J connectivity index is 1.89. The SMILES string of the molecule is CSCc1nnc2sc(Cc3ccccc3)nn12. The molecule has 1 aromatic carbocycles. The number of hydrogen-bond acceptors (Lipinski definition) is 5. The van der Waals surface area contributed by atoms with Crippen LogP contribution < -0.4 is 0 Å². The number of aromatic nitrogens is 4. The summed E-state index contributed by atoms with van der Waals surface area (Å²) in [6.45, 7) is 0. The van der Waals surface area contributed by atoms with Crippen LogP contribution >= 0.6 is 23.1 Å². The third-order valence-corrected chi connectivity index (χ3v) is 4.01. The Morgan fingerprint density at radius 1 is 1.22 bits per heavy atom. The molecule has 0 aliphatic carbocycles. The molecule has 0 aliphatic rings. The highest BCUT2D eigenvalue weighted by Crippen LogP contribution is 2.18. The lowest BCUT2D eigenvalue weighted by Gasteiger charge is -1.95. The van der Waals surface area contributed by atoms with Crippen molar-refractivity contribution in [2.24, 2.45) is 0 Å². The second-order valence-corrected chi connectivity index (χ2v) is 5.81. The number of fused-ring (bicyclic) bond motifs is 1. The van der Waals surface area contributed by atoms with Gasteiger partial charge in [0.1, 0.15) is 5.01 Å². The van der Waals surface area contributed by atoms with Gasteiger partial charge in [-0.1, -0.05) is 41.7 Å². The van der Waals surface area contributed by atoms with E-state index >= 15 is 0 Å². The van der Waals surface area contributed by atoms with Gasteiger partial charge in [-0.3, -0.25) is 0 Å². The molecule has 0 aliphatic heterocycles. The predicted molar refractivity (Wildman–Crippen MR) is 75.1 cm³/mol. The van der Waals surface area contributed by atoms with Crippen LogP contribution in [0.2, 0.25) is 0 Å². The highest BCUT2D eigenvalue weighted by atomic mass is 32.2. The summed E-state index contributed by atoms with van der Waals surface area (Å²) >= 11 is 3.34. The van der Waals surface area contributed by atoms with E-state index in [-0.39, 0.29) is 0 Å². The van der Waals surface area contributed by atoms with Crippen molar-refractivity contribution in [3.63, 3.8) is 0 Å². The quantitative estimate of drug-likeness (QED) is 0.734. The van der Waals surface area contributed by atoms with Crippen molar-refractivity contribution >= 4 is 28.1 Å². The van der Waals surface area contributed by atoms with Crippen LogP contribution in [0.5, 0.6) is 0 Å². The molecule has 3 aromatic rings. The highest BCUT2D eigenvalue weighted by molar-refractivity contribution is 7.97. The Morgan fingerprint density at radius 3 is 2.83 bits per heavy atom. The molecule has 92 valence electrons. The van der Waals surface area contributed by atoms with E-state index in [1.54, 1.807) is 23.1 Å². The molecule has 0 saturated carbocycles. The van der Waals surface area contributed by atoms with Crippen molar-refractivity contribution in [3.05, 3.63) is 46.7 Å². The maximum absolute atomic E-state index is 4.58. The Labute approximate surface area is 113 Å². The lowest BCUT2D eigenvalue weighted by Crippen LogP contribution is -1.95. The molecule has 0 radical (unpaired) electrons. The first-order valence-electron chi connectivity index (χ1n) is 5.59. The smallest absolute Gasteiger partial charge is 0.186 e. The first kappa shape index (κ1) is 11.7. The van der Waals surface area contributed by atoms with Gasteiger partial charge in [0, 0.05) is 6.42 Å². The van der Waals surface area contributed by atoms with Gasteiger partial charge >= 0.3 is 0 Å². The first-order chi connectivity index (χ1) is 8.86. The number of benzene rings is 1. The van der Waals surface area contributed by atoms with Crippen LogP contribution in [0.4, 0.5) is 0 Å². The zero-order valence-electron chi connectivity index (χ0n) is 9.91. The molecule has 2 aromatic heterocycles. The summed E-state index contributed by atoms with van der Waals surface area (Å²) in [6, 6.07) is 10.4. The van der Waals surface area contributed by atoms with Gasteiger partial charge in [0.2, 0.25) is 4.96 Å². The van der Waals surface area contributed by atoms with E-state index in [4.69, 9.17) is 0 Å². The monoisotopic (exact) mass is 276 g/mol. The van der Waals surface area contributed by atoms with Crippen molar-refractivity contribution < 1.29 is 0 Å². The molecular formula is C12H12N4S2. The molecule has 0 atom stereocenters. The summed E-state index contributed by atoms with van der Waals surface area (Å²) in [4.78, 5) is 0.880. The fourth-order valence-corrected chi connectivity index (χ4v) is 3.08. The minimum Gasteiger partial charge on any atom is -0.186 e. The van der Waals surface area contributed by atoms with E-state index < -0.39 is 0 Å². The molecule has 3 rings (SSSR count). The van der Waals surface area contributed by atoms with Gasteiger partial charge in [0.05, 0.1) is 5.75 Å². The molecule has 0 spiro atoms. The van der Waals surface area contributed by atoms with Crippen molar-refractivity contribution in [3.8, 4) is 0 Å². The highest BCUT2D eigenvalue weighted by Gasteiger charge is 2.11. The van der Waals surface area contributed by atoms with E-state index in [1.165, 1.54) is 5.56 Å². The maximum atomic E-state index is 4.58. The number of nitrogens with zero attached hydrogens (tertiary/aromatic N) is 4. The van der Waals surface area contributed by atoms with Crippen LogP contribution in [0.1, 0.15) is 16.4 Å². The lowest BCUT2D eigenvalue weighted by molar-refractivity contribution is 0.856. The summed E-state index contributed by atoms with van der Waals surface area (Å²) in [7, 11) is 0. The third-order valence-electron chi connectivity index (χ3n) is 2.57. The Morgan fingerprint density at radius 2 is 2.06 bits per heavy atom. The van der Waals surface area contributed by atoms with Gasteiger partial charge in [0.15, 0.2) is 5.82 Å². The minimum absolute atomic E-state index is 0.843. The van der Waals surface area contributed by atoms with Crippen LogP contribution in [-0.4, -0.2) is 26.1 Å². The second kappa shape index (κ2) is 5.07. The molecule has 0 saturated heterocycles. The molecular weight excluding hydrogens is 264 g/mol. The van der Waals surface area contributed by atoms with Gasteiger partial charge in [0.25, 0.3) is 0 Å². The van der Waals surface area contributed by atoms with E-state index in [1.807, 2.05) is 10.6 Å². The van der Waals surface area contributed by atoms with Crippen LogP contribution in [0.15, 0.2) is 30.3 Å². The van der Waals surface area contributed by atoms with E-state index in [9.17, 15) is 0 Å².